The molecule has 1 aliphatic rings. The predicted octanol–water partition coefficient (Wildman–Crippen LogP) is 8.28. The fourth-order valence-electron chi connectivity index (χ4n) is 8.09. The number of amides is 1. The lowest BCUT2D eigenvalue weighted by Gasteiger charge is -2.40. The summed E-state index contributed by atoms with van der Waals surface area (Å²) >= 11 is 0. The van der Waals surface area contributed by atoms with Crippen LogP contribution in [0.3, 0.4) is 0 Å². The van der Waals surface area contributed by atoms with E-state index in [1.807, 2.05) is 0 Å². The van der Waals surface area contributed by atoms with E-state index in [0.29, 0.717) is 19.3 Å². The Balaban J connectivity index is 2.37. The highest BCUT2D eigenvalue weighted by Gasteiger charge is 2.44. The summed E-state index contributed by atoms with van der Waals surface area (Å²) in [5, 5.41) is 75.6. The molecular weight excluding hydrogens is 739 g/mol. The highest BCUT2D eigenvalue weighted by Crippen LogP contribution is 2.23. The number of rotatable bonds is 41. The average Bonchev–Trinajstić information content (AvgIpc) is 3.22. The summed E-state index contributed by atoms with van der Waals surface area (Å²) in [7, 11) is 0. The maximum atomic E-state index is 13.1. The van der Waals surface area contributed by atoms with Gasteiger partial charge in [0.25, 0.3) is 0 Å². The minimum atomic E-state index is -1.66. The molecule has 0 spiro atoms. The van der Waals surface area contributed by atoms with Gasteiger partial charge in [0.2, 0.25) is 5.91 Å². The van der Waals surface area contributed by atoms with Crippen LogP contribution in [0.1, 0.15) is 226 Å². The van der Waals surface area contributed by atoms with Crippen LogP contribution >= 0.6 is 0 Å². The summed E-state index contributed by atoms with van der Waals surface area (Å²) in [5.74, 6) is -0.693. The first-order valence-electron chi connectivity index (χ1n) is 24.4. The molecule has 1 amide bonds. The van der Waals surface area contributed by atoms with Gasteiger partial charge in [0.15, 0.2) is 6.29 Å². The Bertz CT molecular complexity index is 913. The summed E-state index contributed by atoms with van der Waals surface area (Å²) in [6, 6.07) is -1.16. The Morgan fingerprint density at radius 3 is 1.28 bits per heavy atom. The largest absolute Gasteiger partial charge is 0.394 e. The van der Waals surface area contributed by atoms with E-state index >= 15 is 0 Å². The number of carbonyl (C=O) groups is 1. The van der Waals surface area contributed by atoms with Gasteiger partial charge in [-0.2, -0.15) is 0 Å². The second kappa shape index (κ2) is 37.8. The van der Waals surface area contributed by atoms with E-state index in [2.05, 4.69) is 19.2 Å². The molecule has 0 aliphatic carbocycles. The lowest BCUT2D eigenvalue weighted by atomic mass is 9.98. The Labute approximate surface area is 354 Å². The summed E-state index contributed by atoms with van der Waals surface area (Å²) in [5.41, 5.74) is 0. The molecule has 0 bridgehead atoms. The number of unbranched alkanes of at least 4 members (excludes halogenated alkanes) is 29. The van der Waals surface area contributed by atoms with E-state index in [0.717, 1.165) is 38.5 Å². The fourth-order valence-corrected chi connectivity index (χ4v) is 8.09. The van der Waals surface area contributed by atoms with Crippen LogP contribution in [0.25, 0.3) is 0 Å². The zero-order valence-electron chi connectivity index (χ0n) is 37.3. The molecule has 9 atom stereocenters. The van der Waals surface area contributed by atoms with Crippen LogP contribution in [0, 0.1) is 0 Å². The normalized spacial score (nSPS) is 21.8. The number of aliphatic hydroxyl groups is 7. The van der Waals surface area contributed by atoms with Crippen molar-refractivity contribution in [3.8, 4) is 0 Å². The molecule has 346 valence electrons. The molecule has 0 aromatic carbocycles. The van der Waals surface area contributed by atoms with Gasteiger partial charge in [-0.15, -0.1) is 0 Å². The Morgan fingerprint density at radius 1 is 0.534 bits per heavy atom. The number of hydrogen-bond acceptors (Lipinski definition) is 10. The van der Waals surface area contributed by atoms with Crippen molar-refractivity contribution in [1.82, 2.24) is 5.32 Å². The standard InChI is InChI=1S/C47H93NO10/c1-3-5-7-9-11-13-15-16-17-18-19-20-21-22-23-25-27-29-31-33-35-40(51)46(56)48-38(37-57-47-45(55)44(54)43(53)41(36-49)58-47)42(52)39(50)34-32-30-28-26-24-14-12-10-8-6-4-2/h38-45,47,49-55H,3-37H2,1-2H3,(H,48,56)/t38?,39-,40+,41-,42?,43+,44+,45-,47+/m1/s1. The number of aliphatic hydroxyl groups excluding tert-OH is 7. The van der Waals surface area contributed by atoms with Crippen molar-refractivity contribution in [1.29, 1.82) is 0 Å². The highest BCUT2D eigenvalue weighted by atomic mass is 16.7. The van der Waals surface area contributed by atoms with Gasteiger partial charge in [-0.05, 0) is 12.8 Å². The molecule has 1 saturated heterocycles. The smallest absolute Gasteiger partial charge is 0.249 e. The lowest BCUT2D eigenvalue weighted by molar-refractivity contribution is -0.303. The van der Waals surface area contributed by atoms with Crippen molar-refractivity contribution in [2.75, 3.05) is 13.2 Å². The van der Waals surface area contributed by atoms with Gasteiger partial charge in [0, 0.05) is 0 Å². The maximum absolute atomic E-state index is 13.1. The van der Waals surface area contributed by atoms with Gasteiger partial charge < -0.3 is 50.5 Å². The van der Waals surface area contributed by atoms with Gasteiger partial charge in [0.1, 0.15) is 36.6 Å². The first-order valence-corrected chi connectivity index (χ1v) is 24.4. The molecule has 0 aromatic rings. The van der Waals surface area contributed by atoms with Crippen LogP contribution in [0.5, 0.6) is 0 Å². The minimum Gasteiger partial charge on any atom is -0.394 e. The van der Waals surface area contributed by atoms with Crippen LogP contribution in [0.4, 0.5) is 0 Å². The summed E-state index contributed by atoms with van der Waals surface area (Å²) in [6.07, 6.45) is 27.3. The molecule has 1 fully saturated rings. The van der Waals surface area contributed by atoms with Crippen molar-refractivity contribution >= 4 is 5.91 Å². The number of ether oxygens (including phenoxy) is 2. The molecule has 8 N–H and O–H groups in total. The Hall–Kier alpha value is -0.890. The van der Waals surface area contributed by atoms with E-state index < -0.39 is 74.2 Å². The third-order valence-corrected chi connectivity index (χ3v) is 12.2. The van der Waals surface area contributed by atoms with Gasteiger partial charge in [-0.1, -0.05) is 213 Å². The Morgan fingerprint density at radius 2 is 0.897 bits per heavy atom. The fraction of sp³-hybridized carbons (Fsp3) is 0.979. The molecule has 1 heterocycles. The molecule has 58 heavy (non-hydrogen) atoms. The minimum absolute atomic E-state index is 0.266. The van der Waals surface area contributed by atoms with E-state index in [1.54, 1.807) is 0 Å². The highest BCUT2D eigenvalue weighted by molar-refractivity contribution is 5.80. The Kier molecular flexibility index (Phi) is 36.0. The van der Waals surface area contributed by atoms with Crippen LogP contribution < -0.4 is 5.32 Å². The SMILES string of the molecule is CCCCCCCCCCCCCCCCCCCCCC[C@H](O)C(=O)NC(CO[C@H]1O[C@H](CO)[C@H](O)[C@H](O)[C@H]1O)C(O)[C@H](O)CCCCCCCCCCCCC. The molecule has 0 radical (unpaired) electrons. The third-order valence-electron chi connectivity index (χ3n) is 12.2. The monoisotopic (exact) mass is 832 g/mol. The van der Waals surface area contributed by atoms with Crippen LogP contribution in [-0.2, 0) is 14.3 Å². The topological polar surface area (TPSA) is 189 Å². The van der Waals surface area contributed by atoms with Crippen molar-refractivity contribution in [2.24, 2.45) is 0 Å². The van der Waals surface area contributed by atoms with Crippen LogP contribution in [-0.4, -0.2) is 110 Å². The van der Waals surface area contributed by atoms with Crippen molar-refractivity contribution < 1.29 is 50.0 Å². The van der Waals surface area contributed by atoms with Crippen LogP contribution in [0.15, 0.2) is 0 Å². The van der Waals surface area contributed by atoms with Gasteiger partial charge >= 0.3 is 0 Å². The zero-order valence-corrected chi connectivity index (χ0v) is 37.3. The zero-order chi connectivity index (χ0) is 42.6. The molecule has 11 nitrogen and oxygen atoms in total. The summed E-state index contributed by atoms with van der Waals surface area (Å²) in [4.78, 5) is 13.1. The molecule has 11 heteroatoms. The van der Waals surface area contributed by atoms with Crippen LogP contribution in [0.2, 0.25) is 0 Å². The molecule has 2 unspecified atom stereocenters. The molecular formula is C47H93NO10. The van der Waals surface area contributed by atoms with Gasteiger partial charge in [-0.25, -0.2) is 0 Å². The number of hydrogen-bond donors (Lipinski definition) is 8. The predicted molar refractivity (Wildman–Crippen MR) is 233 cm³/mol. The van der Waals surface area contributed by atoms with E-state index in [1.165, 1.54) is 148 Å². The van der Waals surface area contributed by atoms with Gasteiger partial charge in [0.05, 0.1) is 25.4 Å². The maximum Gasteiger partial charge on any atom is 0.249 e. The quantitative estimate of drug-likeness (QED) is 0.0279. The van der Waals surface area contributed by atoms with Crippen molar-refractivity contribution in [3.63, 3.8) is 0 Å². The van der Waals surface area contributed by atoms with E-state index in [9.17, 15) is 40.5 Å². The molecule has 0 aromatic heterocycles. The van der Waals surface area contributed by atoms with Gasteiger partial charge in [-0.3, -0.25) is 4.79 Å². The second-order valence-corrected chi connectivity index (χ2v) is 17.5. The molecule has 1 aliphatic heterocycles. The third kappa shape index (κ3) is 27.1. The number of carbonyl (C=O) groups excluding carboxylic acids is 1. The average molecular weight is 832 g/mol. The first kappa shape index (κ1) is 55.1. The molecule has 0 saturated carbocycles. The van der Waals surface area contributed by atoms with E-state index in [4.69, 9.17) is 9.47 Å². The lowest BCUT2D eigenvalue weighted by Crippen LogP contribution is -2.60. The van der Waals surface area contributed by atoms with E-state index in [-0.39, 0.29) is 6.42 Å². The summed E-state index contributed by atoms with van der Waals surface area (Å²) < 4.78 is 11.1. The second-order valence-electron chi connectivity index (χ2n) is 17.5. The first-order chi connectivity index (χ1) is 28.2. The summed E-state index contributed by atoms with van der Waals surface area (Å²) in [6.45, 7) is 3.44. The van der Waals surface area contributed by atoms with Crippen molar-refractivity contribution in [2.45, 2.75) is 281 Å². The molecule has 1 rings (SSSR count). The van der Waals surface area contributed by atoms with Crippen molar-refractivity contribution in [3.05, 3.63) is 0 Å². The number of nitrogens with one attached hydrogen (secondary N) is 1.